The molecule has 0 spiro atoms. The summed E-state index contributed by atoms with van der Waals surface area (Å²) in [6.45, 7) is 3.61. The fraction of sp³-hybridized carbons (Fsp3) is 0.348. The van der Waals surface area contributed by atoms with Gasteiger partial charge < -0.3 is 15.0 Å². The summed E-state index contributed by atoms with van der Waals surface area (Å²) in [4.78, 5) is 19.4. The molecule has 7 heteroatoms. The predicted octanol–water partition coefficient (Wildman–Crippen LogP) is 4.47. The van der Waals surface area contributed by atoms with Crippen LogP contribution in [-0.4, -0.2) is 47.8 Å². The minimum absolute atomic E-state index is 0.0985. The number of aromatic nitrogens is 1. The van der Waals surface area contributed by atoms with Gasteiger partial charge in [-0.1, -0.05) is 41.4 Å². The normalized spacial score (nSPS) is 16.2. The standard InChI is InChI=1S/C23H25Cl2N3O2/c24-18-3-1-4-21(23(18)25)28-12-10-27(11-13-28)20(5-2-14-29)17-7-6-16-8-9-22(30)26-19(16)15-17/h1,3-4,6-9,15,20,29H,2,5,10-14H2,(H,26,30). The first kappa shape index (κ1) is 21.2. The van der Waals surface area contributed by atoms with Crippen molar-refractivity contribution in [2.45, 2.75) is 18.9 Å². The quantitative estimate of drug-likeness (QED) is 0.587. The molecule has 30 heavy (non-hydrogen) atoms. The van der Waals surface area contributed by atoms with Gasteiger partial charge in [0.15, 0.2) is 0 Å². The fourth-order valence-electron chi connectivity index (χ4n) is 4.23. The molecule has 1 saturated heterocycles. The van der Waals surface area contributed by atoms with Gasteiger partial charge in [-0.3, -0.25) is 9.69 Å². The first-order chi connectivity index (χ1) is 14.6. The van der Waals surface area contributed by atoms with Crippen LogP contribution in [0.2, 0.25) is 10.0 Å². The zero-order valence-corrected chi connectivity index (χ0v) is 18.2. The Kier molecular flexibility index (Phi) is 6.64. The summed E-state index contributed by atoms with van der Waals surface area (Å²) in [5.74, 6) is 0. The van der Waals surface area contributed by atoms with E-state index < -0.39 is 0 Å². The third-order valence-electron chi connectivity index (χ3n) is 5.80. The first-order valence-corrected chi connectivity index (χ1v) is 11.0. The van der Waals surface area contributed by atoms with Gasteiger partial charge in [0.05, 0.1) is 15.7 Å². The van der Waals surface area contributed by atoms with Crippen molar-refractivity contribution in [1.82, 2.24) is 9.88 Å². The maximum Gasteiger partial charge on any atom is 0.248 e. The van der Waals surface area contributed by atoms with Crippen molar-refractivity contribution in [2.75, 3.05) is 37.7 Å². The summed E-state index contributed by atoms with van der Waals surface area (Å²) >= 11 is 12.6. The molecule has 5 nitrogen and oxygen atoms in total. The number of H-pyrrole nitrogens is 1. The fourth-order valence-corrected chi connectivity index (χ4v) is 4.65. The Labute approximate surface area is 185 Å². The van der Waals surface area contributed by atoms with E-state index in [1.54, 1.807) is 12.1 Å². The lowest BCUT2D eigenvalue weighted by molar-refractivity contribution is 0.164. The number of piperazine rings is 1. The van der Waals surface area contributed by atoms with Crippen LogP contribution in [0.25, 0.3) is 10.9 Å². The van der Waals surface area contributed by atoms with E-state index in [2.05, 4.69) is 33.0 Å². The number of nitrogens with zero attached hydrogens (tertiary/aromatic N) is 2. The molecule has 0 bridgehead atoms. The van der Waals surface area contributed by atoms with E-state index in [1.165, 1.54) is 0 Å². The molecule has 1 aliphatic heterocycles. The van der Waals surface area contributed by atoms with E-state index in [1.807, 2.05) is 18.2 Å². The average molecular weight is 446 g/mol. The summed E-state index contributed by atoms with van der Waals surface area (Å²) < 4.78 is 0. The van der Waals surface area contributed by atoms with Crippen LogP contribution in [-0.2, 0) is 0 Å². The van der Waals surface area contributed by atoms with Gasteiger partial charge in [0.25, 0.3) is 0 Å². The summed E-state index contributed by atoms with van der Waals surface area (Å²) in [7, 11) is 0. The van der Waals surface area contributed by atoms with Crippen molar-refractivity contribution in [1.29, 1.82) is 0 Å². The maximum absolute atomic E-state index is 11.7. The average Bonchev–Trinajstić information content (AvgIpc) is 2.76. The SMILES string of the molecule is O=c1ccc2ccc(C(CCCO)N3CCN(c4cccc(Cl)c4Cl)CC3)cc2[nH]1. The van der Waals surface area contributed by atoms with Crippen LogP contribution >= 0.6 is 23.2 Å². The minimum Gasteiger partial charge on any atom is -0.396 e. The number of aromatic amines is 1. The third kappa shape index (κ3) is 4.49. The Bertz CT molecular complexity index is 1080. The van der Waals surface area contributed by atoms with Gasteiger partial charge in [-0.2, -0.15) is 0 Å². The number of pyridine rings is 1. The Hall–Kier alpha value is -2.05. The van der Waals surface area contributed by atoms with E-state index >= 15 is 0 Å². The van der Waals surface area contributed by atoms with Crippen molar-refractivity contribution >= 4 is 39.8 Å². The van der Waals surface area contributed by atoms with Crippen molar-refractivity contribution in [3.63, 3.8) is 0 Å². The zero-order chi connectivity index (χ0) is 21.1. The number of hydrogen-bond donors (Lipinski definition) is 2. The van der Waals surface area contributed by atoms with Gasteiger partial charge in [0, 0.05) is 50.4 Å². The molecule has 1 aliphatic rings. The summed E-state index contributed by atoms with van der Waals surface area (Å²) in [5.41, 5.74) is 2.88. The largest absolute Gasteiger partial charge is 0.396 e. The lowest BCUT2D eigenvalue weighted by Crippen LogP contribution is -2.47. The van der Waals surface area contributed by atoms with E-state index in [-0.39, 0.29) is 18.2 Å². The minimum atomic E-state index is -0.0985. The number of halogens is 2. The number of aliphatic hydroxyl groups excluding tert-OH is 1. The first-order valence-electron chi connectivity index (χ1n) is 10.2. The predicted molar refractivity (Wildman–Crippen MR) is 124 cm³/mol. The second kappa shape index (κ2) is 9.40. The highest BCUT2D eigenvalue weighted by Gasteiger charge is 2.26. The number of nitrogens with one attached hydrogen (secondary N) is 1. The molecule has 2 N–H and O–H groups in total. The van der Waals surface area contributed by atoms with Crippen molar-refractivity contribution < 1.29 is 5.11 Å². The topological polar surface area (TPSA) is 59.6 Å². The third-order valence-corrected chi connectivity index (χ3v) is 6.61. The summed E-state index contributed by atoms with van der Waals surface area (Å²) in [6.07, 6.45) is 1.59. The Morgan fingerprint density at radius 3 is 2.57 bits per heavy atom. The van der Waals surface area contributed by atoms with Crippen molar-refractivity contribution in [2.24, 2.45) is 0 Å². The van der Waals surface area contributed by atoms with E-state index in [4.69, 9.17) is 23.2 Å². The van der Waals surface area contributed by atoms with Crippen LogP contribution in [0.1, 0.15) is 24.4 Å². The van der Waals surface area contributed by atoms with Crippen LogP contribution in [0.3, 0.4) is 0 Å². The van der Waals surface area contributed by atoms with E-state index in [9.17, 15) is 9.90 Å². The van der Waals surface area contributed by atoms with Gasteiger partial charge >= 0.3 is 0 Å². The molecular formula is C23H25Cl2N3O2. The summed E-state index contributed by atoms with van der Waals surface area (Å²) in [5, 5.41) is 11.6. The molecule has 3 aromatic rings. The van der Waals surface area contributed by atoms with Crippen molar-refractivity contribution in [3.05, 3.63) is 74.5 Å². The zero-order valence-electron chi connectivity index (χ0n) is 16.7. The van der Waals surface area contributed by atoms with Gasteiger partial charge in [0.1, 0.15) is 0 Å². The van der Waals surface area contributed by atoms with Gasteiger partial charge in [-0.15, -0.1) is 0 Å². The maximum atomic E-state index is 11.7. The smallest absolute Gasteiger partial charge is 0.248 e. The van der Waals surface area contributed by atoms with E-state index in [0.29, 0.717) is 10.0 Å². The number of hydrogen-bond acceptors (Lipinski definition) is 4. The molecule has 1 aromatic heterocycles. The molecule has 1 fully saturated rings. The second-order valence-corrected chi connectivity index (χ2v) is 8.43. The molecular weight excluding hydrogens is 421 g/mol. The van der Waals surface area contributed by atoms with Crippen LogP contribution in [0.4, 0.5) is 5.69 Å². The van der Waals surface area contributed by atoms with Gasteiger partial charge in [-0.05, 0) is 48.1 Å². The highest BCUT2D eigenvalue weighted by molar-refractivity contribution is 6.43. The number of rotatable bonds is 6. The number of fused-ring (bicyclic) bond motifs is 1. The molecule has 0 saturated carbocycles. The highest BCUT2D eigenvalue weighted by Crippen LogP contribution is 2.34. The molecule has 4 rings (SSSR count). The van der Waals surface area contributed by atoms with E-state index in [0.717, 1.165) is 61.2 Å². The molecule has 1 unspecified atom stereocenters. The highest BCUT2D eigenvalue weighted by atomic mass is 35.5. The van der Waals surface area contributed by atoms with Crippen LogP contribution in [0, 0.1) is 0 Å². The molecule has 0 radical (unpaired) electrons. The molecule has 1 atom stereocenters. The van der Waals surface area contributed by atoms with Crippen LogP contribution in [0.15, 0.2) is 53.3 Å². The molecule has 158 valence electrons. The lowest BCUT2D eigenvalue weighted by atomic mass is 9.98. The monoisotopic (exact) mass is 445 g/mol. The Morgan fingerprint density at radius 2 is 1.80 bits per heavy atom. The summed E-state index contributed by atoms with van der Waals surface area (Å²) in [6, 6.07) is 15.6. The Balaban J connectivity index is 1.55. The molecule has 2 aromatic carbocycles. The Morgan fingerprint density at radius 1 is 1.03 bits per heavy atom. The lowest BCUT2D eigenvalue weighted by Gasteiger charge is -2.41. The van der Waals surface area contributed by atoms with Crippen LogP contribution < -0.4 is 10.5 Å². The van der Waals surface area contributed by atoms with Crippen molar-refractivity contribution in [3.8, 4) is 0 Å². The second-order valence-electron chi connectivity index (χ2n) is 7.65. The number of benzene rings is 2. The number of aliphatic hydroxyl groups is 1. The van der Waals surface area contributed by atoms with Gasteiger partial charge in [0.2, 0.25) is 5.56 Å². The van der Waals surface area contributed by atoms with Gasteiger partial charge in [-0.25, -0.2) is 0 Å². The van der Waals surface area contributed by atoms with Crippen LogP contribution in [0.5, 0.6) is 0 Å². The molecule has 2 heterocycles. The molecule has 0 amide bonds. The molecule has 0 aliphatic carbocycles. The number of anilines is 1.